The molecule has 0 saturated carbocycles. The molecule has 0 fully saturated rings. The lowest BCUT2D eigenvalue weighted by atomic mass is 9.98. The number of carbonyl (C=O) groups is 3. The fourth-order valence-electron chi connectivity index (χ4n) is 2.02. The summed E-state index contributed by atoms with van der Waals surface area (Å²) in [5.41, 5.74) is 1.65. The Bertz CT molecular complexity index is 477. The van der Waals surface area contributed by atoms with Crippen molar-refractivity contribution >= 4 is 18.0 Å². The van der Waals surface area contributed by atoms with Crippen LogP contribution in [0, 0.1) is 5.92 Å². The molecule has 0 N–H and O–H groups in total. The first-order valence-electron chi connectivity index (χ1n) is 6.71. The average molecular weight is 275 g/mol. The molecule has 0 aliphatic rings. The molecule has 4 nitrogen and oxygen atoms in total. The van der Waals surface area contributed by atoms with E-state index in [9.17, 15) is 14.4 Å². The number of nitrogens with zero attached hydrogens (tertiary/aromatic N) is 1. The molecule has 108 valence electrons. The van der Waals surface area contributed by atoms with Gasteiger partial charge in [0, 0.05) is 38.4 Å². The van der Waals surface area contributed by atoms with Crippen molar-refractivity contribution in [2.45, 2.75) is 26.2 Å². The second kappa shape index (κ2) is 7.58. The molecular formula is C16H21NO3. The zero-order valence-corrected chi connectivity index (χ0v) is 12.3. The summed E-state index contributed by atoms with van der Waals surface area (Å²) in [5.74, 6) is -0.198. The third kappa shape index (κ3) is 4.96. The van der Waals surface area contributed by atoms with E-state index < -0.39 is 0 Å². The summed E-state index contributed by atoms with van der Waals surface area (Å²) in [7, 11) is 3.38. The highest BCUT2D eigenvalue weighted by atomic mass is 16.2. The molecule has 0 spiro atoms. The van der Waals surface area contributed by atoms with Crippen molar-refractivity contribution in [2.24, 2.45) is 5.92 Å². The predicted octanol–water partition coefficient (Wildman–Crippen LogP) is 2.12. The first-order chi connectivity index (χ1) is 9.43. The van der Waals surface area contributed by atoms with Gasteiger partial charge < -0.3 is 4.90 Å². The van der Waals surface area contributed by atoms with Crippen molar-refractivity contribution in [3.05, 3.63) is 35.4 Å². The second-order valence-corrected chi connectivity index (χ2v) is 5.24. The minimum Gasteiger partial charge on any atom is -0.349 e. The maximum atomic E-state index is 11.9. The summed E-state index contributed by atoms with van der Waals surface area (Å²) in [5, 5.41) is 0. The Morgan fingerprint density at radius 1 is 1.20 bits per heavy atom. The number of amides is 1. The van der Waals surface area contributed by atoms with Gasteiger partial charge in [0.2, 0.25) is 5.91 Å². The average Bonchev–Trinajstić information content (AvgIpc) is 2.44. The summed E-state index contributed by atoms with van der Waals surface area (Å²) in [6.07, 6.45) is 2.14. The topological polar surface area (TPSA) is 54.5 Å². The van der Waals surface area contributed by atoms with Crippen LogP contribution in [0.1, 0.15) is 35.7 Å². The highest BCUT2D eigenvalue weighted by Crippen LogP contribution is 2.11. The Hall–Kier alpha value is -1.97. The summed E-state index contributed by atoms with van der Waals surface area (Å²) in [4.78, 5) is 35.6. The van der Waals surface area contributed by atoms with E-state index in [2.05, 4.69) is 0 Å². The molecule has 0 bridgehead atoms. The summed E-state index contributed by atoms with van der Waals surface area (Å²) in [6.45, 7) is 1.78. The van der Waals surface area contributed by atoms with Gasteiger partial charge in [-0.1, -0.05) is 31.2 Å². The van der Waals surface area contributed by atoms with Crippen molar-refractivity contribution in [1.29, 1.82) is 0 Å². The summed E-state index contributed by atoms with van der Waals surface area (Å²) in [6, 6.07) is 7.19. The fourth-order valence-corrected chi connectivity index (χ4v) is 2.02. The number of carbonyl (C=O) groups excluding carboxylic acids is 3. The fraction of sp³-hybridized carbons (Fsp3) is 0.438. The first-order valence-corrected chi connectivity index (χ1v) is 6.71. The van der Waals surface area contributed by atoms with Crippen LogP contribution in [0.3, 0.4) is 0 Å². The van der Waals surface area contributed by atoms with Crippen molar-refractivity contribution in [1.82, 2.24) is 4.90 Å². The van der Waals surface area contributed by atoms with Gasteiger partial charge >= 0.3 is 0 Å². The van der Waals surface area contributed by atoms with Crippen molar-refractivity contribution in [2.75, 3.05) is 14.1 Å². The lowest BCUT2D eigenvalue weighted by Gasteiger charge is -2.15. The molecule has 1 unspecified atom stereocenters. The van der Waals surface area contributed by atoms with Crippen LogP contribution in [0.5, 0.6) is 0 Å². The maximum absolute atomic E-state index is 11.9. The Labute approximate surface area is 119 Å². The molecule has 20 heavy (non-hydrogen) atoms. The number of rotatable bonds is 7. The van der Waals surface area contributed by atoms with Crippen LogP contribution in [0.2, 0.25) is 0 Å². The van der Waals surface area contributed by atoms with Gasteiger partial charge in [0.05, 0.1) is 0 Å². The van der Waals surface area contributed by atoms with E-state index >= 15 is 0 Å². The van der Waals surface area contributed by atoms with Crippen molar-refractivity contribution in [3.63, 3.8) is 0 Å². The zero-order chi connectivity index (χ0) is 15.1. The standard InChI is InChI=1S/C16H21NO3/c1-12(16(20)17(2)3)10-15(19)9-8-13-4-6-14(11-18)7-5-13/h4-7,11-12H,8-10H2,1-3H3. The molecule has 0 radical (unpaired) electrons. The van der Waals surface area contributed by atoms with Gasteiger partial charge in [-0.15, -0.1) is 0 Å². The molecule has 1 aromatic carbocycles. The second-order valence-electron chi connectivity index (χ2n) is 5.24. The smallest absolute Gasteiger partial charge is 0.225 e. The number of benzene rings is 1. The molecule has 1 aromatic rings. The van der Waals surface area contributed by atoms with Crippen LogP contribution < -0.4 is 0 Å². The number of ketones is 1. The van der Waals surface area contributed by atoms with E-state index in [4.69, 9.17) is 0 Å². The van der Waals surface area contributed by atoms with Crippen LogP contribution >= 0.6 is 0 Å². The SMILES string of the molecule is CC(CC(=O)CCc1ccc(C=O)cc1)C(=O)N(C)C. The lowest BCUT2D eigenvalue weighted by molar-refractivity contribution is -0.135. The Morgan fingerprint density at radius 3 is 2.30 bits per heavy atom. The molecule has 4 heteroatoms. The molecular weight excluding hydrogens is 254 g/mol. The van der Waals surface area contributed by atoms with Crippen LogP contribution in [0.15, 0.2) is 24.3 Å². The van der Waals surface area contributed by atoms with E-state index in [1.165, 1.54) is 4.90 Å². The van der Waals surface area contributed by atoms with Crippen LogP contribution in [0.25, 0.3) is 0 Å². The van der Waals surface area contributed by atoms with Gasteiger partial charge in [0.25, 0.3) is 0 Å². The number of hydrogen-bond donors (Lipinski definition) is 0. The van der Waals surface area contributed by atoms with Gasteiger partial charge in [0.1, 0.15) is 12.1 Å². The number of hydrogen-bond acceptors (Lipinski definition) is 3. The largest absolute Gasteiger partial charge is 0.349 e. The molecule has 1 amide bonds. The van der Waals surface area contributed by atoms with E-state index in [0.717, 1.165) is 11.8 Å². The van der Waals surface area contributed by atoms with E-state index in [0.29, 0.717) is 18.4 Å². The van der Waals surface area contributed by atoms with Gasteiger partial charge in [-0.05, 0) is 12.0 Å². The number of aryl methyl sites for hydroxylation is 1. The molecule has 0 heterocycles. The lowest BCUT2D eigenvalue weighted by Crippen LogP contribution is -2.29. The Morgan fingerprint density at radius 2 is 1.80 bits per heavy atom. The predicted molar refractivity (Wildman–Crippen MR) is 77.6 cm³/mol. The summed E-state index contributed by atoms with van der Waals surface area (Å²) < 4.78 is 0. The Kier molecular flexibility index (Phi) is 6.10. The molecule has 0 aliphatic heterocycles. The van der Waals surface area contributed by atoms with Crippen molar-refractivity contribution < 1.29 is 14.4 Å². The van der Waals surface area contributed by atoms with Crippen LogP contribution in [-0.4, -0.2) is 37.0 Å². The quantitative estimate of drug-likeness (QED) is 0.716. The normalized spacial score (nSPS) is 11.8. The third-order valence-corrected chi connectivity index (χ3v) is 3.20. The molecule has 0 saturated heterocycles. The number of Topliss-reactive ketones (excluding diaryl/α,β-unsaturated/α-hetero) is 1. The molecule has 1 rings (SSSR count). The minimum atomic E-state index is -0.269. The monoisotopic (exact) mass is 275 g/mol. The van der Waals surface area contributed by atoms with Crippen LogP contribution in [-0.2, 0) is 16.0 Å². The highest BCUT2D eigenvalue weighted by Gasteiger charge is 2.18. The van der Waals surface area contributed by atoms with Gasteiger partial charge in [0.15, 0.2) is 0 Å². The third-order valence-electron chi connectivity index (χ3n) is 3.20. The molecule has 1 atom stereocenters. The van der Waals surface area contributed by atoms with Gasteiger partial charge in [-0.2, -0.15) is 0 Å². The minimum absolute atomic E-state index is 0.0197. The first kappa shape index (κ1) is 16.1. The van der Waals surface area contributed by atoms with E-state index in [-0.39, 0.29) is 24.0 Å². The van der Waals surface area contributed by atoms with Crippen molar-refractivity contribution in [3.8, 4) is 0 Å². The zero-order valence-electron chi connectivity index (χ0n) is 12.3. The molecule has 0 aromatic heterocycles. The Balaban J connectivity index is 2.42. The van der Waals surface area contributed by atoms with E-state index in [1.54, 1.807) is 33.2 Å². The van der Waals surface area contributed by atoms with Gasteiger partial charge in [-0.3, -0.25) is 14.4 Å². The van der Waals surface area contributed by atoms with E-state index in [1.807, 2.05) is 12.1 Å². The van der Waals surface area contributed by atoms with Crippen LogP contribution in [0.4, 0.5) is 0 Å². The highest BCUT2D eigenvalue weighted by molar-refractivity contribution is 5.86. The number of aldehydes is 1. The summed E-state index contributed by atoms with van der Waals surface area (Å²) >= 11 is 0. The molecule has 0 aliphatic carbocycles. The van der Waals surface area contributed by atoms with Gasteiger partial charge in [-0.25, -0.2) is 0 Å². The maximum Gasteiger partial charge on any atom is 0.225 e.